The fourth-order valence-corrected chi connectivity index (χ4v) is 2.86. The lowest BCUT2D eigenvalue weighted by molar-refractivity contribution is 0.505. The molecule has 0 saturated heterocycles. The van der Waals surface area contributed by atoms with E-state index in [9.17, 15) is 8.42 Å². The Balaban J connectivity index is 2.04. The molecule has 0 unspecified atom stereocenters. The van der Waals surface area contributed by atoms with E-state index in [4.69, 9.17) is 10.2 Å². The van der Waals surface area contributed by atoms with Gasteiger partial charge in [-0.25, -0.2) is 18.1 Å². The van der Waals surface area contributed by atoms with E-state index in [1.54, 1.807) is 25.4 Å². The summed E-state index contributed by atoms with van der Waals surface area (Å²) in [6.45, 7) is 0.237. The highest BCUT2D eigenvalue weighted by molar-refractivity contribution is 7.89. The fourth-order valence-electron chi connectivity index (χ4n) is 1.60. The molecule has 0 aromatic carbocycles. The van der Waals surface area contributed by atoms with E-state index >= 15 is 0 Å². The molecule has 7 nitrogen and oxygen atoms in total. The molecule has 0 saturated carbocycles. The van der Waals surface area contributed by atoms with E-state index in [1.807, 2.05) is 0 Å². The zero-order chi connectivity index (χ0) is 13.2. The predicted molar refractivity (Wildman–Crippen MR) is 65.2 cm³/mol. The molecule has 2 heterocycles. The zero-order valence-corrected chi connectivity index (χ0v) is 10.6. The van der Waals surface area contributed by atoms with E-state index in [2.05, 4.69) is 9.71 Å². The number of nitrogen functional groups attached to an aromatic ring is 1. The fraction of sp³-hybridized carbons (Fsp3) is 0.300. The normalized spacial score (nSPS) is 11.8. The van der Waals surface area contributed by atoms with Crippen LogP contribution in [0.3, 0.4) is 0 Å². The minimum atomic E-state index is -3.65. The topological polar surface area (TPSA) is 103 Å². The van der Waals surface area contributed by atoms with Crippen molar-refractivity contribution < 1.29 is 12.8 Å². The smallest absolute Gasteiger partial charge is 0.260 e. The molecular weight excluding hydrogens is 256 g/mol. The summed E-state index contributed by atoms with van der Waals surface area (Å²) in [4.78, 5) is 3.74. The first-order valence-electron chi connectivity index (χ1n) is 5.29. The van der Waals surface area contributed by atoms with Gasteiger partial charge in [-0.1, -0.05) is 0 Å². The Kier molecular flexibility index (Phi) is 3.39. The van der Waals surface area contributed by atoms with E-state index < -0.39 is 10.0 Å². The number of imidazole rings is 1. The first-order chi connectivity index (χ1) is 8.50. The summed E-state index contributed by atoms with van der Waals surface area (Å²) < 4.78 is 32.9. The molecule has 0 aliphatic heterocycles. The summed E-state index contributed by atoms with van der Waals surface area (Å²) in [5.41, 5.74) is 5.52. The van der Waals surface area contributed by atoms with Crippen molar-refractivity contribution in [2.45, 2.75) is 11.4 Å². The number of nitrogens with one attached hydrogen (secondary N) is 1. The number of aryl methyl sites for hydroxylation is 1. The van der Waals surface area contributed by atoms with Crippen LogP contribution in [0.5, 0.6) is 0 Å². The van der Waals surface area contributed by atoms with Crippen LogP contribution in [0.2, 0.25) is 0 Å². The molecule has 2 aromatic heterocycles. The standard InChI is InChI=1S/C10H14N4O3S/c1-14-7-12-9(11)10(14)18(15,16)13-5-4-8-3-2-6-17-8/h2-3,6-7,13H,4-5,11H2,1H3. The minimum Gasteiger partial charge on any atom is -0.469 e. The van der Waals surface area contributed by atoms with E-state index in [-0.39, 0.29) is 17.4 Å². The molecule has 0 atom stereocenters. The third kappa shape index (κ3) is 2.54. The maximum Gasteiger partial charge on any atom is 0.260 e. The molecule has 0 aliphatic carbocycles. The average Bonchev–Trinajstić information content (AvgIpc) is 2.89. The van der Waals surface area contributed by atoms with Crippen LogP contribution in [-0.4, -0.2) is 24.5 Å². The Morgan fingerprint density at radius 2 is 2.33 bits per heavy atom. The Morgan fingerprint density at radius 1 is 1.56 bits per heavy atom. The largest absolute Gasteiger partial charge is 0.469 e. The van der Waals surface area contributed by atoms with Crippen molar-refractivity contribution in [1.82, 2.24) is 14.3 Å². The maximum atomic E-state index is 12.0. The molecule has 0 bridgehead atoms. The molecule has 0 radical (unpaired) electrons. The number of hydrogen-bond acceptors (Lipinski definition) is 5. The van der Waals surface area contributed by atoms with Gasteiger partial charge in [0.05, 0.1) is 12.6 Å². The number of hydrogen-bond donors (Lipinski definition) is 2. The monoisotopic (exact) mass is 270 g/mol. The SMILES string of the molecule is Cn1cnc(N)c1S(=O)(=O)NCCc1ccco1. The molecule has 0 fully saturated rings. The second-order valence-corrected chi connectivity index (χ2v) is 5.46. The van der Waals surface area contributed by atoms with Crippen LogP contribution in [0.4, 0.5) is 5.82 Å². The van der Waals surface area contributed by atoms with Gasteiger partial charge in [0.1, 0.15) is 5.76 Å². The van der Waals surface area contributed by atoms with Crippen molar-refractivity contribution in [1.29, 1.82) is 0 Å². The number of rotatable bonds is 5. The third-order valence-corrected chi connectivity index (χ3v) is 4.00. The van der Waals surface area contributed by atoms with Gasteiger partial charge in [0.15, 0.2) is 10.8 Å². The molecular formula is C10H14N4O3S. The van der Waals surface area contributed by atoms with Crippen molar-refractivity contribution in [2.24, 2.45) is 7.05 Å². The number of nitrogens with zero attached hydrogens (tertiary/aromatic N) is 2. The van der Waals surface area contributed by atoms with Crippen LogP contribution in [0.15, 0.2) is 34.2 Å². The van der Waals surface area contributed by atoms with Crippen LogP contribution in [-0.2, 0) is 23.5 Å². The first kappa shape index (κ1) is 12.7. The summed E-state index contributed by atoms with van der Waals surface area (Å²) in [7, 11) is -2.07. The molecule has 0 spiro atoms. The summed E-state index contributed by atoms with van der Waals surface area (Å²) in [6.07, 6.45) is 3.38. The maximum absolute atomic E-state index is 12.0. The lowest BCUT2D eigenvalue weighted by atomic mass is 10.3. The Morgan fingerprint density at radius 3 is 2.89 bits per heavy atom. The molecule has 18 heavy (non-hydrogen) atoms. The van der Waals surface area contributed by atoms with Gasteiger partial charge >= 0.3 is 0 Å². The number of anilines is 1. The Labute approximate surface area is 105 Å². The van der Waals surface area contributed by atoms with Crippen molar-refractivity contribution in [2.75, 3.05) is 12.3 Å². The van der Waals surface area contributed by atoms with Crippen molar-refractivity contribution in [3.05, 3.63) is 30.5 Å². The molecule has 3 N–H and O–H groups in total. The van der Waals surface area contributed by atoms with Gasteiger partial charge in [-0.15, -0.1) is 0 Å². The summed E-state index contributed by atoms with van der Waals surface area (Å²) in [5.74, 6) is 0.707. The number of aromatic nitrogens is 2. The second-order valence-electron chi connectivity index (χ2n) is 3.77. The van der Waals surface area contributed by atoms with E-state index in [0.29, 0.717) is 6.42 Å². The van der Waals surface area contributed by atoms with Gasteiger partial charge < -0.3 is 14.7 Å². The molecule has 0 aliphatic rings. The lowest BCUT2D eigenvalue weighted by Crippen LogP contribution is -2.28. The quantitative estimate of drug-likeness (QED) is 0.803. The van der Waals surface area contributed by atoms with Crippen molar-refractivity contribution in [3.8, 4) is 0 Å². The van der Waals surface area contributed by atoms with Crippen molar-refractivity contribution >= 4 is 15.8 Å². The van der Waals surface area contributed by atoms with Crippen LogP contribution in [0.25, 0.3) is 0 Å². The van der Waals surface area contributed by atoms with E-state index in [1.165, 1.54) is 10.9 Å². The second kappa shape index (κ2) is 4.83. The van der Waals surface area contributed by atoms with Gasteiger partial charge in [-0.3, -0.25) is 0 Å². The molecule has 2 rings (SSSR count). The van der Waals surface area contributed by atoms with E-state index in [0.717, 1.165) is 5.76 Å². The Hall–Kier alpha value is -1.80. The zero-order valence-electron chi connectivity index (χ0n) is 9.83. The summed E-state index contributed by atoms with van der Waals surface area (Å²) in [6, 6.07) is 3.54. The number of furan rings is 1. The average molecular weight is 270 g/mol. The third-order valence-electron chi connectivity index (χ3n) is 2.41. The molecule has 2 aromatic rings. The highest BCUT2D eigenvalue weighted by Crippen LogP contribution is 2.14. The predicted octanol–water partition coefficient (Wildman–Crippen LogP) is 0.116. The van der Waals surface area contributed by atoms with Crippen LogP contribution >= 0.6 is 0 Å². The van der Waals surface area contributed by atoms with Crippen LogP contribution < -0.4 is 10.5 Å². The van der Waals surface area contributed by atoms with Crippen LogP contribution in [0, 0.1) is 0 Å². The minimum absolute atomic E-state index is 0.0111. The highest BCUT2D eigenvalue weighted by Gasteiger charge is 2.21. The number of nitrogens with two attached hydrogens (primary N) is 1. The van der Waals surface area contributed by atoms with Gasteiger partial charge in [0.2, 0.25) is 0 Å². The van der Waals surface area contributed by atoms with Gasteiger partial charge in [-0.2, -0.15) is 0 Å². The van der Waals surface area contributed by atoms with Gasteiger partial charge in [0, 0.05) is 20.0 Å². The molecule has 0 amide bonds. The molecule has 98 valence electrons. The summed E-state index contributed by atoms with van der Waals surface area (Å²) >= 11 is 0. The number of sulfonamides is 1. The first-order valence-corrected chi connectivity index (χ1v) is 6.78. The van der Waals surface area contributed by atoms with Gasteiger partial charge in [-0.05, 0) is 12.1 Å². The lowest BCUT2D eigenvalue weighted by Gasteiger charge is -2.06. The Bertz CT molecular complexity index is 596. The van der Waals surface area contributed by atoms with Gasteiger partial charge in [0.25, 0.3) is 10.0 Å². The van der Waals surface area contributed by atoms with Crippen LogP contribution in [0.1, 0.15) is 5.76 Å². The van der Waals surface area contributed by atoms with Crippen molar-refractivity contribution in [3.63, 3.8) is 0 Å². The highest BCUT2D eigenvalue weighted by atomic mass is 32.2. The summed E-state index contributed by atoms with van der Waals surface area (Å²) in [5, 5.41) is -0.0260. The molecule has 8 heteroatoms.